The van der Waals surface area contributed by atoms with Crippen molar-refractivity contribution in [3.8, 4) is 17.4 Å². The number of carbonyl (C=O) groups is 1. The zero-order valence-electron chi connectivity index (χ0n) is 23.5. The van der Waals surface area contributed by atoms with Crippen LogP contribution in [0.1, 0.15) is 46.8 Å². The van der Waals surface area contributed by atoms with Crippen LogP contribution in [-0.2, 0) is 19.3 Å². The molecule has 1 aromatic heterocycles. The van der Waals surface area contributed by atoms with Gasteiger partial charge in [-0.05, 0) is 50.2 Å². The van der Waals surface area contributed by atoms with Crippen LogP contribution in [0.25, 0.3) is 0 Å². The lowest BCUT2D eigenvalue weighted by Crippen LogP contribution is -2.42. The van der Waals surface area contributed by atoms with E-state index in [0.29, 0.717) is 30.4 Å². The molecule has 0 atom stereocenters. The van der Waals surface area contributed by atoms with Gasteiger partial charge in [-0.15, -0.1) is 0 Å². The number of likely N-dealkylation sites (tertiary alicyclic amines) is 1. The summed E-state index contributed by atoms with van der Waals surface area (Å²) in [4.78, 5) is 24.2. The zero-order valence-corrected chi connectivity index (χ0v) is 23.5. The number of amides is 1. The number of nitrogens with one attached hydrogen (secondary N) is 2. The Kier molecular flexibility index (Phi) is 8.50. The molecule has 2 N–H and O–H groups in total. The van der Waals surface area contributed by atoms with E-state index in [0.717, 1.165) is 32.5 Å². The van der Waals surface area contributed by atoms with Gasteiger partial charge in [0, 0.05) is 44.0 Å². The van der Waals surface area contributed by atoms with Gasteiger partial charge in [-0.25, -0.2) is 9.37 Å². The fourth-order valence-electron chi connectivity index (χ4n) is 5.18. The zero-order chi connectivity index (χ0) is 30.0. The standard InChI is InChI=1S/C29H32F4N6O3/c1-4-39-10-8-19(9-11-39)34-14-18-12-24(41-3)22(13-21(18)30)36-28-35-15-20(29(31,32)33)26(37-28)42-23-7-5-6-17-16-38(2)27(40)25(17)23/h5-7,12-13,15,19,34H,4,8-11,14,16H2,1-3H3,(H,35,36,37). The molecule has 0 saturated carbocycles. The lowest BCUT2D eigenvalue weighted by atomic mass is 10.0. The van der Waals surface area contributed by atoms with Crippen LogP contribution >= 0.6 is 0 Å². The number of anilines is 2. The minimum atomic E-state index is -4.84. The van der Waals surface area contributed by atoms with Crippen molar-refractivity contribution in [3.05, 3.63) is 64.6 Å². The Balaban J connectivity index is 1.38. The van der Waals surface area contributed by atoms with Gasteiger partial charge < -0.3 is 29.9 Å². The van der Waals surface area contributed by atoms with Crippen molar-refractivity contribution in [2.45, 2.75) is 45.1 Å². The number of ether oxygens (including phenoxy) is 2. The average molecular weight is 589 g/mol. The lowest BCUT2D eigenvalue weighted by molar-refractivity contribution is -0.139. The van der Waals surface area contributed by atoms with Crippen molar-refractivity contribution in [1.82, 2.24) is 25.1 Å². The topological polar surface area (TPSA) is 91.8 Å². The Morgan fingerprint density at radius 2 is 1.90 bits per heavy atom. The summed E-state index contributed by atoms with van der Waals surface area (Å²) in [5, 5.41) is 6.15. The summed E-state index contributed by atoms with van der Waals surface area (Å²) in [6, 6.07) is 7.70. The third kappa shape index (κ3) is 6.26. The molecular formula is C29H32F4N6O3. The highest BCUT2D eigenvalue weighted by molar-refractivity contribution is 6.00. The number of fused-ring (bicyclic) bond motifs is 1. The molecule has 0 spiro atoms. The van der Waals surface area contributed by atoms with E-state index in [9.17, 15) is 18.0 Å². The number of halogens is 4. The molecule has 0 aliphatic carbocycles. The van der Waals surface area contributed by atoms with Crippen molar-refractivity contribution in [2.24, 2.45) is 0 Å². The molecule has 2 aliphatic rings. The average Bonchev–Trinajstić information content (AvgIpc) is 3.26. The number of piperidine rings is 1. The summed E-state index contributed by atoms with van der Waals surface area (Å²) >= 11 is 0. The second kappa shape index (κ2) is 12.1. The van der Waals surface area contributed by atoms with Crippen molar-refractivity contribution < 1.29 is 31.8 Å². The van der Waals surface area contributed by atoms with Gasteiger partial charge in [0.2, 0.25) is 11.8 Å². The first kappa shape index (κ1) is 29.5. The fourth-order valence-corrected chi connectivity index (χ4v) is 5.18. The Morgan fingerprint density at radius 3 is 2.60 bits per heavy atom. The van der Waals surface area contributed by atoms with Gasteiger partial charge in [-0.2, -0.15) is 18.2 Å². The van der Waals surface area contributed by atoms with Crippen molar-refractivity contribution >= 4 is 17.5 Å². The van der Waals surface area contributed by atoms with E-state index in [1.165, 1.54) is 30.2 Å². The molecule has 224 valence electrons. The van der Waals surface area contributed by atoms with Crippen LogP contribution in [0, 0.1) is 5.82 Å². The first-order valence-corrected chi connectivity index (χ1v) is 13.7. The number of aromatic nitrogens is 2. The second-order valence-electron chi connectivity index (χ2n) is 10.3. The van der Waals surface area contributed by atoms with Gasteiger partial charge in [0.25, 0.3) is 5.91 Å². The maximum Gasteiger partial charge on any atom is 0.423 e. The van der Waals surface area contributed by atoms with Crippen molar-refractivity contribution in [2.75, 3.05) is 39.1 Å². The van der Waals surface area contributed by atoms with Crippen LogP contribution in [-0.4, -0.2) is 65.5 Å². The van der Waals surface area contributed by atoms with Gasteiger partial charge in [0.1, 0.15) is 22.9 Å². The molecule has 3 heterocycles. The molecular weight excluding hydrogens is 556 g/mol. The molecule has 0 radical (unpaired) electrons. The Bertz CT molecular complexity index is 1460. The van der Waals surface area contributed by atoms with E-state index in [1.54, 1.807) is 19.2 Å². The van der Waals surface area contributed by atoms with Crippen LogP contribution in [0.15, 0.2) is 36.5 Å². The number of hydrogen-bond acceptors (Lipinski definition) is 8. The number of benzene rings is 2. The summed E-state index contributed by atoms with van der Waals surface area (Å²) in [5.74, 6) is -1.77. The molecule has 0 unspecified atom stereocenters. The van der Waals surface area contributed by atoms with Gasteiger partial charge in [0.05, 0.1) is 18.4 Å². The van der Waals surface area contributed by atoms with Crippen molar-refractivity contribution in [3.63, 3.8) is 0 Å². The smallest absolute Gasteiger partial charge is 0.423 e. The Hall–Kier alpha value is -3.97. The number of rotatable bonds is 9. The van der Waals surface area contributed by atoms with E-state index in [4.69, 9.17) is 9.47 Å². The number of alkyl halides is 3. The third-order valence-corrected chi connectivity index (χ3v) is 7.58. The highest BCUT2D eigenvalue weighted by Gasteiger charge is 2.37. The molecule has 5 rings (SSSR count). The third-order valence-electron chi connectivity index (χ3n) is 7.58. The summed E-state index contributed by atoms with van der Waals surface area (Å²) in [6.45, 7) is 5.72. The van der Waals surface area contributed by atoms with Gasteiger partial charge in [-0.1, -0.05) is 19.1 Å². The number of hydrogen-bond donors (Lipinski definition) is 2. The molecule has 42 heavy (non-hydrogen) atoms. The van der Waals surface area contributed by atoms with E-state index >= 15 is 4.39 Å². The maximum absolute atomic E-state index is 15.1. The minimum Gasteiger partial charge on any atom is -0.495 e. The maximum atomic E-state index is 15.1. The molecule has 13 heteroatoms. The molecule has 1 fully saturated rings. The van der Waals surface area contributed by atoms with E-state index in [2.05, 4.69) is 32.4 Å². The predicted molar refractivity (Wildman–Crippen MR) is 148 cm³/mol. The highest BCUT2D eigenvalue weighted by Crippen LogP contribution is 2.40. The van der Waals surface area contributed by atoms with Gasteiger partial charge in [0.15, 0.2) is 0 Å². The molecule has 2 aliphatic heterocycles. The fraction of sp³-hybridized carbons (Fsp3) is 0.414. The molecule has 2 aromatic carbocycles. The largest absolute Gasteiger partial charge is 0.495 e. The van der Waals surface area contributed by atoms with Crippen LogP contribution < -0.4 is 20.1 Å². The number of carbonyl (C=O) groups excluding carboxylic acids is 1. The lowest BCUT2D eigenvalue weighted by Gasteiger charge is -2.31. The Morgan fingerprint density at radius 1 is 1.14 bits per heavy atom. The number of nitrogens with zero attached hydrogens (tertiary/aromatic N) is 4. The van der Waals surface area contributed by atoms with Crippen LogP contribution in [0.5, 0.6) is 17.4 Å². The number of methoxy groups -OCH3 is 1. The van der Waals surface area contributed by atoms with E-state index in [1.807, 2.05) is 0 Å². The quantitative estimate of drug-likeness (QED) is 0.324. The van der Waals surface area contributed by atoms with Crippen LogP contribution in [0.4, 0.5) is 29.2 Å². The SMILES string of the molecule is CCN1CCC(NCc2cc(OC)c(Nc3ncc(C(F)(F)F)c(Oc4cccc5c4C(=O)N(C)C5)n3)cc2F)CC1. The molecule has 9 nitrogen and oxygen atoms in total. The van der Waals surface area contributed by atoms with E-state index in [-0.39, 0.29) is 40.6 Å². The summed E-state index contributed by atoms with van der Waals surface area (Å²) in [7, 11) is 2.99. The second-order valence-corrected chi connectivity index (χ2v) is 10.3. The molecule has 1 amide bonds. The Labute approximate surface area is 240 Å². The minimum absolute atomic E-state index is 0.0575. The summed E-state index contributed by atoms with van der Waals surface area (Å²) in [5.41, 5.74) is 0.0828. The summed E-state index contributed by atoms with van der Waals surface area (Å²) < 4.78 is 67.7. The molecule has 1 saturated heterocycles. The van der Waals surface area contributed by atoms with Gasteiger partial charge in [-0.3, -0.25) is 4.79 Å². The van der Waals surface area contributed by atoms with Gasteiger partial charge >= 0.3 is 6.18 Å². The van der Waals surface area contributed by atoms with E-state index < -0.39 is 23.4 Å². The molecule has 0 bridgehead atoms. The predicted octanol–water partition coefficient (Wildman–Crippen LogP) is 5.34. The van der Waals surface area contributed by atoms with Crippen LogP contribution in [0.2, 0.25) is 0 Å². The van der Waals surface area contributed by atoms with Crippen LogP contribution in [0.3, 0.4) is 0 Å². The van der Waals surface area contributed by atoms with Crippen molar-refractivity contribution in [1.29, 1.82) is 0 Å². The first-order chi connectivity index (χ1) is 20.1. The highest BCUT2D eigenvalue weighted by atomic mass is 19.4. The molecule has 3 aromatic rings. The first-order valence-electron chi connectivity index (χ1n) is 13.7. The summed E-state index contributed by atoms with van der Waals surface area (Å²) in [6.07, 6.45) is -2.32. The normalized spacial score (nSPS) is 16.1. The monoisotopic (exact) mass is 588 g/mol.